The Balaban J connectivity index is 2.69. The molecule has 1 aliphatic rings. The number of hydrogen-bond donors (Lipinski definition) is 1. The molecule has 98 valence electrons. The molecule has 0 bridgehead atoms. The molecule has 1 aliphatic heterocycles. The zero-order chi connectivity index (χ0) is 13.2. The zero-order valence-corrected chi connectivity index (χ0v) is 11.1. The number of amides is 2. The maximum Gasteiger partial charge on any atom is 0.232 e. The normalized spacial score (nSPS) is 27.1. The van der Waals surface area contributed by atoms with Crippen LogP contribution in [0.25, 0.3) is 0 Å². The molecule has 1 rings (SSSR count). The number of rotatable bonds is 5. The lowest BCUT2D eigenvalue weighted by atomic mass is 9.96. The maximum atomic E-state index is 11.9. The molecular formula is C13H23NO3. The van der Waals surface area contributed by atoms with Gasteiger partial charge in [0.1, 0.15) is 0 Å². The van der Waals surface area contributed by atoms with E-state index in [1.165, 1.54) is 4.90 Å². The Labute approximate surface area is 103 Å². The summed E-state index contributed by atoms with van der Waals surface area (Å²) < 4.78 is 0. The van der Waals surface area contributed by atoms with Gasteiger partial charge >= 0.3 is 0 Å². The lowest BCUT2D eigenvalue weighted by Gasteiger charge is -2.24. The molecule has 0 spiro atoms. The first-order valence-electron chi connectivity index (χ1n) is 6.47. The molecule has 1 heterocycles. The molecule has 0 aliphatic carbocycles. The van der Waals surface area contributed by atoms with Crippen LogP contribution in [0, 0.1) is 17.8 Å². The minimum Gasteiger partial charge on any atom is -0.391 e. The van der Waals surface area contributed by atoms with Crippen LogP contribution in [0.1, 0.15) is 40.5 Å². The standard InChI is InChI=1S/C13H23NO3/c1-5-10(6-2)11(15)7-14-12(16)8(3)9(4)13(14)17/h8-11,15H,5-7H2,1-4H3. The van der Waals surface area contributed by atoms with Crippen molar-refractivity contribution in [3.05, 3.63) is 0 Å². The smallest absolute Gasteiger partial charge is 0.232 e. The molecule has 3 unspecified atom stereocenters. The number of imide groups is 1. The Morgan fingerprint density at radius 1 is 1.12 bits per heavy atom. The largest absolute Gasteiger partial charge is 0.391 e. The van der Waals surface area contributed by atoms with Gasteiger partial charge in [-0.25, -0.2) is 0 Å². The van der Waals surface area contributed by atoms with Crippen LogP contribution in [-0.2, 0) is 9.59 Å². The van der Waals surface area contributed by atoms with E-state index in [2.05, 4.69) is 0 Å². The minimum atomic E-state index is -0.601. The fourth-order valence-corrected chi connectivity index (χ4v) is 2.38. The Morgan fingerprint density at radius 3 is 1.88 bits per heavy atom. The van der Waals surface area contributed by atoms with E-state index in [0.717, 1.165) is 12.8 Å². The number of hydrogen-bond acceptors (Lipinski definition) is 3. The van der Waals surface area contributed by atoms with E-state index in [1.807, 2.05) is 13.8 Å². The number of aliphatic hydroxyl groups excluding tert-OH is 1. The summed E-state index contributed by atoms with van der Waals surface area (Å²) in [6.45, 7) is 7.72. The highest BCUT2D eigenvalue weighted by atomic mass is 16.3. The van der Waals surface area contributed by atoms with E-state index in [9.17, 15) is 14.7 Å². The Bertz CT molecular complexity index is 279. The van der Waals surface area contributed by atoms with Crippen LogP contribution in [-0.4, -0.2) is 34.5 Å². The van der Waals surface area contributed by atoms with E-state index in [4.69, 9.17) is 0 Å². The fraction of sp³-hybridized carbons (Fsp3) is 0.846. The molecule has 4 nitrogen and oxygen atoms in total. The summed E-state index contributed by atoms with van der Waals surface area (Å²) in [5, 5.41) is 10.0. The van der Waals surface area contributed by atoms with Crippen molar-refractivity contribution >= 4 is 11.8 Å². The van der Waals surface area contributed by atoms with Gasteiger partial charge in [0.25, 0.3) is 0 Å². The number of nitrogens with zero attached hydrogens (tertiary/aromatic N) is 1. The summed E-state index contributed by atoms with van der Waals surface area (Å²) in [6.07, 6.45) is 1.12. The summed E-state index contributed by atoms with van der Waals surface area (Å²) in [5.41, 5.74) is 0. The monoisotopic (exact) mass is 241 g/mol. The second kappa shape index (κ2) is 5.63. The lowest BCUT2D eigenvalue weighted by Crippen LogP contribution is -2.40. The van der Waals surface area contributed by atoms with Crippen molar-refractivity contribution in [3.8, 4) is 0 Å². The highest BCUT2D eigenvalue weighted by Crippen LogP contribution is 2.26. The van der Waals surface area contributed by atoms with Gasteiger partial charge in [-0.05, 0) is 5.92 Å². The molecular weight excluding hydrogens is 218 g/mol. The average molecular weight is 241 g/mol. The second-order valence-corrected chi connectivity index (χ2v) is 5.01. The van der Waals surface area contributed by atoms with Gasteiger partial charge in [0.05, 0.1) is 12.6 Å². The second-order valence-electron chi connectivity index (χ2n) is 5.01. The van der Waals surface area contributed by atoms with Gasteiger partial charge in [-0.1, -0.05) is 40.5 Å². The van der Waals surface area contributed by atoms with Crippen molar-refractivity contribution in [2.24, 2.45) is 17.8 Å². The molecule has 4 heteroatoms. The third-order valence-electron chi connectivity index (χ3n) is 4.02. The Hall–Kier alpha value is -0.900. The van der Waals surface area contributed by atoms with Crippen molar-refractivity contribution in [1.29, 1.82) is 0 Å². The van der Waals surface area contributed by atoms with Crippen LogP contribution in [0.15, 0.2) is 0 Å². The first-order chi connectivity index (χ1) is 7.93. The summed E-state index contributed by atoms with van der Waals surface area (Å²) in [6, 6.07) is 0. The molecule has 2 amide bonds. The summed E-state index contributed by atoms with van der Waals surface area (Å²) >= 11 is 0. The van der Waals surface area contributed by atoms with Crippen LogP contribution in [0.2, 0.25) is 0 Å². The van der Waals surface area contributed by atoms with Crippen molar-refractivity contribution in [2.75, 3.05) is 6.54 Å². The highest BCUT2D eigenvalue weighted by molar-refractivity contribution is 6.04. The van der Waals surface area contributed by atoms with Crippen LogP contribution < -0.4 is 0 Å². The first-order valence-corrected chi connectivity index (χ1v) is 6.47. The third-order valence-corrected chi connectivity index (χ3v) is 4.02. The van der Waals surface area contributed by atoms with E-state index < -0.39 is 6.10 Å². The Morgan fingerprint density at radius 2 is 1.53 bits per heavy atom. The molecule has 3 atom stereocenters. The summed E-state index contributed by atoms with van der Waals surface area (Å²) in [7, 11) is 0. The molecule has 0 radical (unpaired) electrons. The summed E-state index contributed by atoms with van der Waals surface area (Å²) in [4.78, 5) is 24.9. The molecule has 1 saturated heterocycles. The number of likely N-dealkylation sites (tertiary alicyclic amines) is 1. The Kier molecular flexibility index (Phi) is 4.69. The van der Waals surface area contributed by atoms with Crippen molar-refractivity contribution in [1.82, 2.24) is 4.90 Å². The number of carbonyl (C=O) groups excluding carboxylic acids is 2. The SMILES string of the molecule is CCC(CC)C(O)CN1C(=O)C(C)C(C)C1=O. The van der Waals surface area contributed by atoms with E-state index in [0.29, 0.717) is 0 Å². The molecule has 0 aromatic rings. The van der Waals surface area contributed by atoms with Crippen molar-refractivity contribution in [3.63, 3.8) is 0 Å². The fourth-order valence-electron chi connectivity index (χ4n) is 2.38. The number of β-amino-alcohol motifs (C(OH)–C–C–N with tert-alkyl or cyclic N) is 1. The third kappa shape index (κ3) is 2.68. The average Bonchev–Trinajstić information content (AvgIpc) is 2.48. The predicted molar refractivity (Wildman–Crippen MR) is 65.1 cm³/mol. The number of carbonyl (C=O) groups is 2. The number of aliphatic hydroxyl groups is 1. The van der Waals surface area contributed by atoms with Gasteiger partial charge in [0.15, 0.2) is 0 Å². The van der Waals surface area contributed by atoms with Gasteiger partial charge in [0, 0.05) is 11.8 Å². The molecule has 1 fully saturated rings. The molecule has 0 saturated carbocycles. The van der Waals surface area contributed by atoms with Crippen LogP contribution in [0.5, 0.6) is 0 Å². The van der Waals surface area contributed by atoms with E-state index in [1.54, 1.807) is 13.8 Å². The predicted octanol–water partition coefficient (Wildman–Crippen LogP) is 1.42. The van der Waals surface area contributed by atoms with E-state index >= 15 is 0 Å². The van der Waals surface area contributed by atoms with Crippen molar-refractivity contribution < 1.29 is 14.7 Å². The van der Waals surface area contributed by atoms with Crippen LogP contribution >= 0.6 is 0 Å². The topological polar surface area (TPSA) is 57.6 Å². The summed E-state index contributed by atoms with van der Waals surface area (Å²) in [5.74, 6) is -0.644. The van der Waals surface area contributed by atoms with Crippen LogP contribution in [0.3, 0.4) is 0 Å². The van der Waals surface area contributed by atoms with Gasteiger partial charge in [-0.2, -0.15) is 0 Å². The van der Waals surface area contributed by atoms with Gasteiger partial charge < -0.3 is 5.11 Å². The molecule has 17 heavy (non-hydrogen) atoms. The molecule has 0 aromatic carbocycles. The molecule has 1 N–H and O–H groups in total. The first kappa shape index (κ1) is 14.2. The zero-order valence-electron chi connectivity index (χ0n) is 11.1. The quantitative estimate of drug-likeness (QED) is 0.741. The van der Waals surface area contributed by atoms with Gasteiger partial charge in [-0.15, -0.1) is 0 Å². The van der Waals surface area contributed by atoms with Crippen molar-refractivity contribution in [2.45, 2.75) is 46.6 Å². The van der Waals surface area contributed by atoms with Gasteiger partial charge in [0.2, 0.25) is 11.8 Å². The maximum absolute atomic E-state index is 11.9. The lowest BCUT2D eigenvalue weighted by molar-refractivity contribution is -0.142. The van der Waals surface area contributed by atoms with Gasteiger partial charge in [-0.3, -0.25) is 14.5 Å². The van der Waals surface area contributed by atoms with E-state index in [-0.39, 0.29) is 36.1 Å². The highest BCUT2D eigenvalue weighted by Gasteiger charge is 2.43. The minimum absolute atomic E-state index is 0.146. The van der Waals surface area contributed by atoms with Crippen LogP contribution in [0.4, 0.5) is 0 Å². The molecule has 0 aromatic heterocycles.